The van der Waals surface area contributed by atoms with Crippen LogP contribution in [-0.2, 0) is 11.3 Å². The van der Waals surface area contributed by atoms with Crippen LogP contribution >= 0.6 is 0 Å². The molecule has 10 heteroatoms. The van der Waals surface area contributed by atoms with Crippen molar-refractivity contribution in [3.63, 3.8) is 0 Å². The van der Waals surface area contributed by atoms with Crippen molar-refractivity contribution in [2.45, 2.75) is 26.4 Å². The largest absolute Gasteiger partial charge is 0.478 e. The second-order valence-electron chi connectivity index (χ2n) is 6.23. The molecule has 0 radical (unpaired) electrons. The molecule has 29 heavy (non-hydrogen) atoms. The fraction of sp³-hybridized carbons (Fsp3) is 0.263. The first-order chi connectivity index (χ1) is 13.9. The van der Waals surface area contributed by atoms with E-state index in [1.54, 1.807) is 25.3 Å². The molecule has 0 saturated heterocycles. The van der Waals surface area contributed by atoms with Crippen LogP contribution in [-0.4, -0.2) is 45.2 Å². The average molecular weight is 398 g/mol. The highest BCUT2D eigenvalue weighted by atomic mass is 16.6. The van der Waals surface area contributed by atoms with E-state index in [9.17, 15) is 24.5 Å². The summed E-state index contributed by atoms with van der Waals surface area (Å²) in [6.07, 6.45) is 1.56. The molecular weight excluding hydrogens is 380 g/mol. The van der Waals surface area contributed by atoms with Crippen LogP contribution in [0.3, 0.4) is 0 Å². The lowest BCUT2D eigenvalue weighted by molar-refractivity contribution is -0.385. The zero-order chi connectivity index (χ0) is 21.1. The highest BCUT2D eigenvalue weighted by Crippen LogP contribution is 2.31. The first kappa shape index (κ1) is 19.9. The zero-order valence-corrected chi connectivity index (χ0v) is 15.7. The van der Waals surface area contributed by atoms with E-state index < -0.39 is 34.4 Å². The molecule has 0 spiro atoms. The summed E-state index contributed by atoms with van der Waals surface area (Å²) in [7, 11) is 0. The topological polar surface area (TPSA) is 132 Å². The molecule has 2 heterocycles. The molecule has 1 unspecified atom stereocenters. The van der Waals surface area contributed by atoms with Crippen LogP contribution in [0, 0.1) is 10.1 Å². The fourth-order valence-corrected chi connectivity index (χ4v) is 3.06. The number of aromatic nitrogens is 1. The van der Waals surface area contributed by atoms with E-state index in [1.165, 1.54) is 19.1 Å². The van der Waals surface area contributed by atoms with Crippen LogP contribution < -0.4 is 10.1 Å². The van der Waals surface area contributed by atoms with Crippen molar-refractivity contribution in [3.05, 3.63) is 63.3 Å². The zero-order valence-electron chi connectivity index (χ0n) is 15.7. The Morgan fingerprint density at radius 2 is 2.03 bits per heavy atom. The van der Waals surface area contributed by atoms with Gasteiger partial charge in [-0.3, -0.25) is 29.4 Å². The van der Waals surface area contributed by atoms with Gasteiger partial charge in [-0.05, 0) is 26.0 Å². The van der Waals surface area contributed by atoms with Gasteiger partial charge in [0, 0.05) is 24.4 Å². The number of ether oxygens (including phenoxy) is 1. The first-order valence-electron chi connectivity index (χ1n) is 8.86. The second kappa shape index (κ2) is 8.05. The number of fused-ring (bicyclic) bond motifs is 1. The summed E-state index contributed by atoms with van der Waals surface area (Å²) >= 11 is 0. The number of nitro groups is 1. The second-order valence-corrected chi connectivity index (χ2v) is 6.23. The van der Waals surface area contributed by atoms with E-state index in [-0.39, 0.29) is 17.7 Å². The molecule has 0 saturated carbocycles. The van der Waals surface area contributed by atoms with Gasteiger partial charge >= 0.3 is 0 Å². The highest BCUT2D eigenvalue weighted by Gasteiger charge is 2.44. The molecule has 1 aliphatic heterocycles. The third-order valence-electron chi connectivity index (χ3n) is 4.47. The summed E-state index contributed by atoms with van der Waals surface area (Å²) in [4.78, 5) is 53.2. The van der Waals surface area contributed by atoms with E-state index in [0.717, 1.165) is 11.0 Å². The maximum atomic E-state index is 12.7. The highest BCUT2D eigenvalue weighted by molar-refractivity contribution is 6.24. The van der Waals surface area contributed by atoms with Gasteiger partial charge in [0.2, 0.25) is 11.8 Å². The summed E-state index contributed by atoms with van der Waals surface area (Å²) in [5.41, 5.74) is -0.219. The van der Waals surface area contributed by atoms with Crippen molar-refractivity contribution >= 4 is 23.4 Å². The Balaban J connectivity index is 1.77. The van der Waals surface area contributed by atoms with Gasteiger partial charge < -0.3 is 10.1 Å². The molecule has 2 aromatic rings. The number of amides is 3. The summed E-state index contributed by atoms with van der Waals surface area (Å²) in [5.74, 6) is -1.82. The summed E-state index contributed by atoms with van der Waals surface area (Å²) in [6.45, 7) is 3.67. The Bertz CT molecular complexity index is 1010. The van der Waals surface area contributed by atoms with Gasteiger partial charge in [0.15, 0.2) is 0 Å². The average Bonchev–Trinajstić information content (AvgIpc) is 2.97. The Hall–Kier alpha value is -3.82. The van der Waals surface area contributed by atoms with Crippen molar-refractivity contribution in [2.24, 2.45) is 0 Å². The van der Waals surface area contributed by atoms with Crippen molar-refractivity contribution in [2.75, 3.05) is 6.61 Å². The van der Waals surface area contributed by atoms with Crippen molar-refractivity contribution < 1.29 is 24.0 Å². The predicted molar refractivity (Wildman–Crippen MR) is 100 cm³/mol. The molecule has 3 rings (SSSR count). The lowest BCUT2D eigenvalue weighted by atomic mass is 10.1. The van der Waals surface area contributed by atoms with Crippen LogP contribution in [0.2, 0.25) is 0 Å². The number of rotatable bonds is 7. The predicted octanol–water partition coefficient (Wildman–Crippen LogP) is 1.69. The van der Waals surface area contributed by atoms with E-state index in [2.05, 4.69) is 10.3 Å². The van der Waals surface area contributed by atoms with Gasteiger partial charge in [-0.25, -0.2) is 4.98 Å². The maximum Gasteiger partial charge on any atom is 0.282 e. The van der Waals surface area contributed by atoms with Crippen molar-refractivity contribution in [1.29, 1.82) is 0 Å². The molecule has 0 aliphatic carbocycles. The number of nitrogens with one attached hydrogen (secondary N) is 1. The molecular formula is C19H18N4O6. The molecule has 10 nitrogen and oxygen atoms in total. The number of carbonyl (C=O) groups is 3. The van der Waals surface area contributed by atoms with Crippen LogP contribution in [0.4, 0.5) is 5.69 Å². The first-order valence-corrected chi connectivity index (χ1v) is 8.86. The monoisotopic (exact) mass is 398 g/mol. The Labute approximate surface area is 165 Å². The number of benzene rings is 1. The maximum absolute atomic E-state index is 12.7. The number of hydrogen-bond acceptors (Lipinski definition) is 7. The number of carbonyl (C=O) groups excluding carboxylic acids is 3. The van der Waals surface area contributed by atoms with Gasteiger partial charge in [0.05, 0.1) is 17.1 Å². The molecule has 1 aromatic carbocycles. The molecule has 3 amide bonds. The van der Waals surface area contributed by atoms with Crippen molar-refractivity contribution in [1.82, 2.24) is 15.2 Å². The number of hydrogen-bond donors (Lipinski definition) is 1. The molecule has 0 fully saturated rings. The molecule has 1 aromatic heterocycles. The van der Waals surface area contributed by atoms with Gasteiger partial charge in [0.1, 0.15) is 11.6 Å². The van der Waals surface area contributed by atoms with Crippen LogP contribution in [0.1, 0.15) is 40.1 Å². The normalized spacial score (nSPS) is 13.8. The number of nitro benzene ring substituents is 1. The Kier molecular flexibility index (Phi) is 5.53. The lowest BCUT2D eigenvalue weighted by Crippen LogP contribution is -2.47. The van der Waals surface area contributed by atoms with Gasteiger partial charge in [-0.1, -0.05) is 12.1 Å². The summed E-state index contributed by atoms with van der Waals surface area (Å²) in [6, 6.07) is 6.07. The van der Waals surface area contributed by atoms with E-state index in [4.69, 9.17) is 4.74 Å². The molecule has 0 bridgehead atoms. The van der Waals surface area contributed by atoms with Crippen molar-refractivity contribution in [3.8, 4) is 5.88 Å². The van der Waals surface area contributed by atoms with Crippen LogP contribution in [0.5, 0.6) is 5.88 Å². The fourth-order valence-electron chi connectivity index (χ4n) is 3.06. The molecule has 1 aliphatic rings. The standard InChI is InChI=1S/C19H18N4O6/c1-3-29-17-12(6-5-9-20-17)10-21-16(24)11(2)22-18(25)13-7-4-8-14(23(27)28)15(13)19(22)26/h4-9,11H,3,10H2,1-2H3,(H,21,24). The summed E-state index contributed by atoms with van der Waals surface area (Å²) < 4.78 is 5.40. The number of pyridine rings is 1. The van der Waals surface area contributed by atoms with E-state index >= 15 is 0 Å². The third kappa shape index (κ3) is 3.64. The third-order valence-corrected chi connectivity index (χ3v) is 4.47. The Morgan fingerprint density at radius 3 is 2.72 bits per heavy atom. The minimum Gasteiger partial charge on any atom is -0.478 e. The van der Waals surface area contributed by atoms with E-state index in [0.29, 0.717) is 18.1 Å². The smallest absolute Gasteiger partial charge is 0.282 e. The number of nitrogens with zero attached hydrogens (tertiary/aromatic N) is 3. The van der Waals surface area contributed by atoms with Gasteiger partial charge in [0.25, 0.3) is 17.5 Å². The minimum absolute atomic E-state index is 0.0790. The van der Waals surface area contributed by atoms with Gasteiger partial charge in [-0.2, -0.15) is 0 Å². The van der Waals surface area contributed by atoms with Crippen LogP contribution in [0.25, 0.3) is 0 Å². The lowest BCUT2D eigenvalue weighted by Gasteiger charge is -2.21. The summed E-state index contributed by atoms with van der Waals surface area (Å²) in [5, 5.41) is 13.8. The van der Waals surface area contributed by atoms with E-state index in [1.807, 2.05) is 0 Å². The van der Waals surface area contributed by atoms with Gasteiger partial charge in [-0.15, -0.1) is 0 Å². The molecule has 150 valence electrons. The quantitative estimate of drug-likeness (QED) is 0.426. The molecule has 1 atom stereocenters. The molecule has 1 N–H and O–H groups in total. The number of imide groups is 1. The van der Waals surface area contributed by atoms with Crippen LogP contribution in [0.15, 0.2) is 36.5 Å². The Morgan fingerprint density at radius 1 is 1.28 bits per heavy atom. The SMILES string of the molecule is CCOc1ncccc1CNC(=O)C(C)N1C(=O)c2cccc([N+](=O)[O-])c2C1=O. The minimum atomic E-state index is -1.16.